The Labute approximate surface area is 154 Å². The molecule has 0 saturated heterocycles. The van der Waals surface area contributed by atoms with Crippen molar-refractivity contribution in [3.8, 4) is 0 Å². The molecule has 0 aliphatic carbocycles. The lowest BCUT2D eigenvalue weighted by Crippen LogP contribution is -2.47. The average Bonchev–Trinajstić information content (AvgIpc) is 2.51. The molecular weight excluding hydrogens is 367 g/mol. The van der Waals surface area contributed by atoms with Gasteiger partial charge in [0.2, 0.25) is 11.8 Å². The third-order valence-electron chi connectivity index (χ3n) is 3.05. The van der Waals surface area contributed by atoms with E-state index in [1.165, 1.54) is 0 Å². The summed E-state index contributed by atoms with van der Waals surface area (Å²) in [5.41, 5.74) is 3.42. The molecule has 1 unspecified atom stereocenters. The number of amides is 3. The Morgan fingerprint density at radius 1 is 1.04 bits per heavy atom. The molecule has 3 N–H and O–H groups in total. The van der Waals surface area contributed by atoms with Gasteiger partial charge in [0.1, 0.15) is 12.0 Å². The smallest absolute Gasteiger partial charge is 0.407 e. The Kier molecular flexibility index (Phi) is 7.62. The monoisotopic (exact) mass is 389 g/mol. The van der Waals surface area contributed by atoms with Gasteiger partial charge in [-0.25, -0.2) is 4.79 Å². The van der Waals surface area contributed by atoms with Crippen molar-refractivity contribution in [3.63, 3.8) is 0 Å². The Balaban J connectivity index is 2.73. The van der Waals surface area contributed by atoms with E-state index in [4.69, 9.17) is 4.74 Å². The van der Waals surface area contributed by atoms with E-state index in [0.717, 1.165) is 0 Å². The summed E-state index contributed by atoms with van der Waals surface area (Å²) in [4.78, 5) is 35.3. The maximum Gasteiger partial charge on any atom is 0.407 e. The van der Waals surface area contributed by atoms with Crippen LogP contribution in [0.15, 0.2) is 30.3 Å². The Hall–Kier alpha value is -2.78. The lowest BCUT2D eigenvalue weighted by atomic mass is 9.98. The summed E-state index contributed by atoms with van der Waals surface area (Å²) in [5, 5.41) is 2.43. The molecule has 0 aromatic heterocycles. The van der Waals surface area contributed by atoms with Crippen LogP contribution in [0.1, 0.15) is 38.7 Å². The van der Waals surface area contributed by atoms with Crippen molar-refractivity contribution < 1.29 is 32.3 Å². The van der Waals surface area contributed by atoms with Crippen molar-refractivity contribution in [2.75, 3.05) is 6.54 Å². The summed E-state index contributed by atoms with van der Waals surface area (Å²) in [6.07, 6.45) is -7.16. The molecule has 1 rings (SSSR count). The van der Waals surface area contributed by atoms with Gasteiger partial charge in [-0.1, -0.05) is 30.3 Å². The van der Waals surface area contributed by atoms with Gasteiger partial charge in [-0.3, -0.25) is 20.4 Å². The molecule has 0 aliphatic rings. The van der Waals surface area contributed by atoms with E-state index in [0.29, 0.717) is 5.56 Å². The van der Waals surface area contributed by atoms with Gasteiger partial charge in [0, 0.05) is 6.54 Å². The highest BCUT2D eigenvalue weighted by atomic mass is 19.4. The van der Waals surface area contributed by atoms with Crippen molar-refractivity contribution in [2.24, 2.45) is 0 Å². The number of carbonyl (C=O) groups excluding carboxylic acids is 3. The third-order valence-corrected chi connectivity index (χ3v) is 3.05. The van der Waals surface area contributed by atoms with Gasteiger partial charge in [-0.2, -0.15) is 13.2 Å². The second-order valence-corrected chi connectivity index (χ2v) is 6.68. The SMILES string of the molecule is CC(C)(C)OC(=O)NCC(C(=O)NNC(=O)CC(F)(F)F)c1ccccc1. The molecule has 27 heavy (non-hydrogen) atoms. The van der Waals surface area contributed by atoms with Crippen LogP contribution in [0.2, 0.25) is 0 Å². The predicted molar refractivity (Wildman–Crippen MR) is 90.4 cm³/mol. The first-order valence-corrected chi connectivity index (χ1v) is 8.04. The van der Waals surface area contributed by atoms with Crippen molar-refractivity contribution >= 4 is 17.9 Å². The van der Waals surface area contributed by atoms with Crippen LogP contribution in [-0.4, -0.2) is 36.2 Å². The Bertz CT molecular complexity index is 658. The lowest BCUT2D eigenvalue weighted by molar-refractivity contribution is -0.155. The molecule has 0 bridgehead atoms. The highest BCUT2D eigenvalue weighted by Gasteiger charge is 2.31. The molecule has 0 fully saturated rings. The molecule has 0 spiro atoms. The largest absolute Gasteiger partial charge is 0.444 e. The zero-order valence-electron chi connectivity index (χ0n) is 15.1. The molecule has 0 heterocycles. The van der Waals surface area contributed by atoms with Gasteiger partial charge >= 0.3 is 12.3 Å². The third kappa shape index (κ3) is 9.47. The van der Waals surface area contributed by atoms with E-state index in [9.17, 15) is 27.6 Å². The average molecular weight is 389 g/mol. The number of rotatable bonds is 5. The first-order chi connectivity index (χ1) is 12.4. The van der Waals surface area contributed by atoms with E-state index in [-0.39, 0.29) is 6.54 Å². The van der Waals surface area contributed by atoms with Crippen molar-refractivity contribution in [3.05, 3.63) is 35.9 Å². The summed E-state index contributed by atoms with van der Waals surface area (Å²) in [5.74, 6) is -3.14. The molecule has 0 radical (unpaired) electrons. The van der Waals surface area contributed by atoms with Gasteiger partial charge in [0.15, 0.2) is 0 Å². The van der Waals surface area contributed by atoms with Gasteiger partial charge in [-0.15, -0.1) is 0 Å². The van der Waals surface area contributed by atoms with Crippen LogP contribution >= 0.6 is 0 Å². The topological polar surface area (TPSA) is 96.5 Å². The van der Waals surface area contributed by atoms with E-state index in [1.807, 2.05) is 5.43 Å². The highest BCUT2D eigenvalue weighted by Crippen LogP contribution is 2.19. The van der Waals surface area contributed by atoms with E-state index in [1.54, 1.807) is 56.5 Å². The summed E-state index contributed by atoms with van der Waals surface area (Å²) in [6.45, 7) is 4.83. The number of hydrogen-bond acceptors (Lipinski definition) is 4. The first kappa shape index (κ1) is 22.3. The first-order valence-electron chi connectivity index (χ1n) is 8.04. The number of nitrogens with one attached hydrogen (secondary N) is 3. The maximum atomic E-state index is 12.3. The fourth-order valence-electron chi connectivity index (χ4n) is 1.99. The van der Waals surface area contributed by atoms with Crippen LogP contribution in [0.5, 0.6) is 0 Å². The number of benzene rings is 1. The predicted octanol–water partition coefficient (Wildman–Crippen LogP) is 2.39. The van der Waals surface area contributed by atoms with Crippen LogP contribution in [0.25, 0.3) is 0 Å². The number of hydrazine groups is 1. The lowest BCUT2D eigenvalue weighted by Gasteiger charge is -2.22. The van der Waals surface area contributed by atoms with Crippen molar-refractivity contribution in [2.45, 2.75) is 44.9 Å². The summed E-state index contributed by atoms with van der Waals surface area (Å²) in [6, 6.07) is 8.25. The molecule has 1 aromatic rings. The minimum Gasteiger partial charge on any atom is -0.444 e. The highest BCUT2D eigenvalue weighted by molar-refractivity contribution is 5.87. The Morgan fingerprint density at radius 3 is 2.15 bits per heavy atom. The summed E-state index contributed by atoms with van der Waals surface area (Å²) < 4.78 is 41.6. The molecule has 0 saturated carbocycles. The summed E-state index contributed by atoms with van der Waals surface area (Å²) in [7, 11) is 0. The fraction of sp³-hybridized carbons (Fsp3) is 0.471. The van der Waals surface area contributed by atoms with Crippen LogP contribution in [0.4, 0.5) is 18.0 Å². The molecule has 1 aromatic carbocycles. The quantitative estimate of drug-likeness (QED) is 0.674. The fourth-order valence-corrected chi connectivity index (χ4v) is 1.99. The van der Waals surface area contributed by atoms with E-state index in [2.05, 4.69) is 5.32 Å². The molecule has 150 valence electrons. The number of alkyl carbamates (subject to hydrolysis) is 1. The molecule has 3 amide bonds. The molecular formula is C17H22F3N3O4. The van der Waals surface area contributed by atoms with Gasteiger partial charge in [0.05, 0.1) is 5.92 Å². The molecule has 7 nitrogen and oxygen atoms in total. The number of alkyl halides is 3. The van der Waals surface area contributed by atoms with Crippen LogP contribution in [-0.2, 0) is 14.3 Å². The normalized spacial score (nSPS) is 12.7. The second kappa shape index (κ2) is 9.24. The number of hydrogen-bond donors (Lipinski definition) is 3. The van der Waals surface area contributed by atoms with E-state index < -0.39 is 42.0 Å². The number of ether oxygens (including phenoxy) is 1. The minimum absolute atomic E-state index is 0.181. The Morgan fingerprint density at radius 2 is 1.63 bits per heavy atom. The maximum absolute atomic E-state index is 12.3. The summed E-state index contributed by atoms with van der Waals surface area (Å²) >= 11 is 0. The second-order valence-electron chi connectivity index (χ2n) is 6.68. The molecule has 10 heteroatoms. The van der Waals surface area contributed by atoms with Crippen molar-refractivity contribution in [1.29, 1.82) is 0 Å². The van der Waals surface area contributed by atoms with Crippen LogP contribution in [0, 0.1) is 0 Å². The zero-order valence-corrected chi connectivity index (χ0v) is 15.1. The van der Waals surface area contributed by atoms with Crippen molar-refractivity contribution in [1.82, 2.24) is 16.2 Å². The van der Waals surface area contributed by atoms with Gasteiger partial charge < -0.3 is 10.1 Å². The zero-order chi connectivity index (χ0) is 20.7. The molecule has 0 aliphatic heterocycles. The van der Waals surface area contributed by atoms with Gasteiger partial charge in [-0.05, 0) is 26.3 Å². The van der Waals surface area contributed by atoms with Crippen LogP contribution in [0.3, 0.4) is 0 Å². The van der Waals surface area contributed by atoms with Gasteiger partial charge in [0.25, 0.3) is 0 Å². The minimum atomic E-state index is -4.69. The van der Waals surface area contributed by atoms with E-state index >= 15 is 0 Å². The number of carbonyl (C=O) groups is 3. The van der Waals surface area contributed by atoms with Crippen LogP contribution < -0.4 is 16.2 Å². The standard InChI is InChI=1S/C17H22F3N3O4/c1-16(2,3)27-15(26)21-10-12(11-7-5-4-6-8-11)14(25)23-22-13(24)9-17(18,19)20/h4-8,12H,9-10H2,1-3H3,(H,21,26)(H,22,24)(H,23,25). The number of halogens is 3. The molecule has 1 atom stereocenters.